The molecule has 6 heteroatoms. The molecule has 2 aliphatic carbocycles. The first-order valence-corrected chi connectivity index (χ1v) is 8.17. The highest BCUT2D eigenvalue weighted by atomic mass is 32.1. The predicted octanol–water partition coefficient (Wildman–Crippen LogP) is 3.11. The molecule has 0 amide bonds. The zero-order valence-electron chi connectivity index (χ0n) is 11.8. The molecular formula is C14H21N3O2S. The number of carboxylic acid groups (broad SMARTS) is 1. The van der Waals surface area contributed by atoms with Crippen LogP contribution in [-0.2, 0) is 4.79 Å². The average Bonchev–Trinajstić information content (AvgIpc) is 3.18. The van der Waals surface area contributed by atoms with Crippen molar-refractivity contribution in [3.63, 3.8) is 0 Å². The van der Waals surface area contributed by atoms with Gasteiger partial charge in [0.2, 0.25) is 5.13 Å². The summed E-state index contributed by atoms with van der Waals surface area (Å²) in [5, 5.41) is 13.6. The van der Waals surface area contributed by atoms with E-state index in [1.54, 1.807) is 0 Å². The molecule has 3 rings (SSSR count). The Hall–Kier alpha value is -1.17. The molecule has 0 saturated heterocycles. The van der Waals surface area contributed by atoms with Crippen LogP contribution in [0.25, 0.3) is 0 Å². The van der Waals surface area contributed by atoms with E-state index in [4.69, 9.17) is 0 Å². The topological polar surface area (TPSA) is 75.1 Å². The SMILES string of the molecule is CC1CCC(CNc2nc(C3CC3)ns2)(C(=O)O)CC1. The number of hydrogen-bond acceptors (Lipinski definition) is 5. The maximum absolute atomic E-state index is 11.7. The molecule has 2 N–H and O–H groups in total. The highest BCUT2D eigenvalue weighted by Gasteiger charge is 2.41. The van der Waals surface area contributed by atoms with Crippen LogP contribution in [-0.4, -0.2) is 27.0 Å². The lowest BCUT2D eigenvalue weighted by molar-refractivity contribution is -0.150. The van der Waals surface area contributed by atoms with Crippen LogP contribution in [0.5, 0.6) is 0 Å². The molecule has 0 bridgehead atoms. The zero-order chi connectivity index (χ0) is 14.2. The summed E-state index contributed by atoms with van der Waals surface area (Å²) in [6, 6.07) is 0. The lowest BCUT2D eigenvalue weighted by atomic mass is 9.71. The van der Waals surface area contributed by atoms with Crippen molar-refractivity contribution in [3.05, 3.63) is 5.82 Å². The van der Waals surface area contributed by atoms with Gasteiger partial charge in [0.25, 0.3) is 0 Å². The molecular weight excluding hydrogens is 274 g/mol. The molecule has 0 aliphatic heterocycles. The smallest absolute Gasteiger partial charge is 0.311 e. The number of rotatable bonds is 5. The predicted molar refractivity (Wildman–Crippen MR) is 78.1 cm³/mol. The van der Waals surface area contributed by atoms with Crippen LogP contribution in [0.15, 0.2) is 0 Å². The van der Waals surface area contributed by atoms with Gasteiger partial charge < -0.3 is 10.4 Å². The van der Waals surface area contributed by atoms with Gasteiger partial charge in [-0.05, 0) is 44.4 Å². The van der Waals surface area contributed by atoms with Crippen molar-refractivity contribution in [2.75, 3.05) is 11.9 Å². The lowest BCUT2D eigenvalue weighted by Crippen LogP contribution is -2.41. The van der Waals surface area contributed by atoms with Crippen LogP contribution in [0.3, 0.4) is 0 Å². The molecule has 110 valence electrons. The third-order valence-electron chi connectivity index (χ3n) is 4.65. The van der Waals surface area contributed by atoms with E-state index >= 15 is 0 Å². The number of anilines is 1. The quantitative estimate of drug-likeness (QED) is 0.873. The minimum atomic E-state index is -0.677. The van der Waals surface area contributed by atoms with E-state index in [2.05, 4.69) is 21.6 Å². The fourth-order valence-corrected chi connectivity index (χ4v) is 3.48. The number of hydrogen-bond donors (Lipinski definition) is 2. The Morgan fingerprint density at radius 2 is 2.10 bits per heavy atom. The highest BCUT2D eigenvalue weighted by molar-refractivity contribution is 7.09. The van der Waals surface area contributed by atoms with Crippen molar-refractivity contribution in [3.8, 4) is 0 Å². The maximum Gasteiger partial charge on any atom is 0.311 e. The summed E-state index contributed by atoms with van der Waals surface area (Å²) in [4.78, 5) is 16.1. The van der Waals surface area contributed by atoms with Crippen LogP contribution in [0.4, 0.5) is 5.13 Å². The average molecular weight is 295 g/mol. The van der Waals surface area contributed by atoms with Crippen molar-refractivity contribution in [1.29, 1.82) is 0 Å². The van der Waals surface area contributed by atoms with E-state index in [0.717, 1.165) is 36.6 Å². The molecule has 1 aromatic heterocycles. The monoisotopic (exact) mass is 295 g/mol. The van der Waals surface area contributed by atoms with Gasteiger partial charge >= 0.3 is 5.97 Å². The molecule has 0 unspecified atom stereocenters. The van der Waals surface area contributed by atoms with Gasteiger partial charge in [-0.2, -0.15) is 4.37 Å². The molecule has 2 saturated carbocycles. The van der Waals surface area contributed by atoms with Crippen molar-refractivity contribution in [2.24, 2.45) is 11.3 Å². The van der Waals surface area contributed by atoms with Gasteiger partial charge in [0.15, 0.2) is 0 Å². The standard InChI is InChI=1S/C14H21N3O2S/c1-9-4-6-14(7-5-9,12(18)19)8-15-13-16-11(17-20-13)10-2-3-10/h9-10H,2-8H2,1H3,(H,18,19)(H,15,16,17). The molecule has 2 fully saturated rings. The van der Waals surface area contributed by atoms with Crippen molar-refractivity contribution < 1.29 is 9.90 Å². The van der Waals surface area contributed by atoms with Crippen LogP contribution in [0.2, 0.25) is 0 Å². The van der Waals surface area contributed by atoms with E-state index in [0.29, 0.717) is 18.4 Å². The molecule has 5 nitrogen and oxygen atoms in total. The summed E-state index contributed by atoms with van der Waals surface area (Å²) in [7, 11) is 0. The van der Waals surface area contributed by atoms with Crippen LogP contribution < -0.4 is 5.32 Å². The third-order valence-corrected chi connectivity index (χ3v) is 5.33. The summed E-state index contributed by atoms with van der Waals surface area (Å²) in [6.45, 7) is 2.67. The first-order chi connectivity index (χ1) is 9.59. The molecule has 1 heterocycles. The second kappa shape index (κ2) is 5.31. The molecule has 2 aliphatic rings. The van der Waals surface area contributed by atoms with Crippen molar-refractivity contribution in [2.45, 2.75) is 51.4 Å². The normalized spacial score (nSPS) is 30.1. The summed E-state index contributed by atoms with van der Waals surface area (Å²) in [5.74, 6) is 1.44. The second-order valence-corrected chi connectivity index (χ2v) is 7.11. The Morgan fingerprint density at radius 1 is 1.40 bits per heavy atom. The fraction of sp³-hybridized carbons (Fsp3) is 0.786. The van der Waals surface area contributed by atoms with E-state index in [1.807, 2.05) is 0 Å². The molecule has 20 heavy (non-hydrogen) atoms. The second-order valence-electron chi connectivity index (χ2n) is 6.35. The van der Waals surface area contributed by atoms with Gasteiger partial charge in [-0.25, -0.2) is 4.98 Å². The Labute approximate surface area is 123 Å². The number of aliphatic carboxylic acids is 1. The summed E-state index contributed by atoms with van der Waals surface area (Å²) in [6.07, 6.45) is 5.88. The van der Waals surface area contributed by atoms with Crippen molar-refractivity contribution >= 4 is 22.6 Å². The van der Waals surface area contributed by atoms with Gasteiger partial charge in [0.1, 0.15) is 5.82 Å². The van der Waals surface area contributed by atoms with Crippen LogP contribution >= 0.6 is 11.5 Å². The van der Waals surface area contributed by atoms with Crippen LogP contribution in [0.1, 0.15) is 57.2 Å². The summed E-state index contributed by atoms with van der Waals surface area (Å²) in [5.41, 5.74) is -0.627. The van der Waals surface area contributed by atoms with Crippen molar-refractivity contribution in [1.82, 2.24) is 9.36 Å². The Bertz CT molecular complexity index is 490. The number of aromatic nitrogens is 2. The molecule has 0 radical (unpaired) electrons. The molecule has 0 aromatic carbocycles. The van der Waals surface area contributed by atoms with Gasteiger partial charge in [-0.15, -0.1) is 0 Å². The maximum atomic E-state index is 11.7. The van der Waals surface area contributed by atoms with Gasteiger partial charge in [-0.3, -0.25) is 4.79 Å². The van der Waals surface area contributed by atoms with Gasteiger partial charge in [-0.1, -0.05) is 6.92 Å². The first-order valence-electron chi connectivity index (χ1n) is 7.40. The summed E-state index contributed by atoms with van der Waals surface area (Å²) >= 11 is 1.35. The molecule has 0 atom stereocenters. The Kier molecular flexibility index (Phi) is 3.67. The number of carboxylic acids is 1. The lowest BCUT2D eigenvalue weighted by Gasteiger charge is -2.35. The van der Waals surface area contributed by atoms with E-state index in [9.17, 15) is 9.90 Å². The van der Waals surface area contributed by atoms with E-state index < -0.39 is 11.4 Å². The summed E-state index contributed by atoms with van der Waals surface area (Å²) < 4.78 is 4.34. The van der Waals surface area contributed by atoms with Gasteiger partial charge in [0, 0.05) is 24.0 Å². The number of nitrogens with zero attached hydrogens (tertiary/aromatic N) is 2. The third kappa shape index (κ3) is 2.80. The first kappa shape index (κ1) is 13.8. The molecule has 0 spiro atoms. The Morgan fingerprint density at radius 3 is 2.70 bits per heavy atom. The van der Waals surface area contributed by atoms with Gasteiger partial charge in [0.05, 0.1) is 5.41 Å². The highest BCUT2D eigenvalue weighted by Crippen LogP contribution is 2.41. The fourth-order valence-electron chi connectivity index (χ4n) is 2.84. The minimum absolute atomic E-state index is 0.467. The Balaban J connectivity index is 1.62. The van der Waals surface area contributed by atoms with Crippen LogP contribution in [0, 0.1) is 11.3 Å². The largest absolute Gasteiger partial charge is 0.481 e. The molecule has 1 aromatic rings. The zero-order valence-corrected chi connectivity index (χ0v) is 12.6. The van der Waals surface area contributed by atoms with E-state index in [-0.39, 0.29) is 0 Å². The van der Waals surface area contributed by atoms with E-state index in [1.165, 1.54) is 24.4 Å². The number of nitrogens with one attached hydrogen (secondary N) is 1. The number of carbonyl (C=O) groups is 1. The minimum Gasteiger partial charge on any atom is -0.481 e.